The third-order valence-electron chi connectivity index (χ3n) is 4.26. The quantitative estimate of drug-likeness (QED) is 0.441. The second-order valence-corrected chi connectivity index (χ2v) is 7.26. The third-order valence-corrected chi connectivity index (χ3v) is 4.84. The maximum atomic E-state index is 12.2. The Morgan fingerprint density at radius 2 is 2.00 bits per heavy atom. The van der Waals surface area contributed by atoms with Gasteiger partial charge in [-0.2, -0.15) is 10.2 Å². The number of nitrogens with zero attached hydrogens (tertiary/aromatic N) is 5. The lowest BCUT2D eigenvalue weighted by Gasteiger charge is -2.05. The van der Waals surface area contributed by atoms with Crippen LogP contribution in [-0.4, -0.2) is 30.4 Å². The highest BCUT2D eigenvalue weighted by Gasteiger charge is 2.17. The van der Waals surface area contributed by atoms with Gasteiger partial charge in [0.05, 0.1) is 22.5 Å². The second-order valence-electron chi connectivity index (χ2n) is 6.40. The standard InChI is InChI=1S/C18H19BrN6O3/c1-12-3-5-14(6-4-12)10-23-11-15(19)18(22-23)21-17(26)7-8-24-13(2)16(9-20-24)25(27)28/h3-6,9,11H,7-8,10H2,1-2H3,(H,21,22,26). The van der Waals surface area contributed by atoms with Crippen LogP contribution < -0.4 is 5.32 Å². The van der Waals surface area contributed by atoms with Gasteiger partial charge in [-0.05, 0) is 35.3 Å². The summed E-state index contributed by atoms with van der Waals surface area (Å²) in [6, 6.07) is 8.15. The molecule has 2 heterocycles. The van der Waals surface area contributed by atoms with Crippen molar-refractivity contribution in [2.45, 2.75) is 33.4 Å². The molecule has 2 aromatic heterocycles. The molecule has 0 aliphatic heterocycles. The fourth-order valence-corrected chi connectivity index (χ4v) is 3.10. The molecule has 0 bridgehead atoms. The molecule has 0 saturated heterocycles. The molecule has 0 saturated carbocycles. The van der Waals surface area contributed by atoms with Gasteiger partial charge in [0.1, 0.15) is 11.9 Å². The molecular formula is C18H19BrN6O3. The van der Waals surface area contributed by atoms with E-state index in [2.05, 4.69) is 31.4 Å². The SMILES string of the molecule is Cc1ccc(Cn2cc(Br)c(NC(=O)CCn3ncc([N+](=O)[O-])c3C)n2)cc1. The van der Waals surface area contributed by atoms with Gasteiger partial charge in [0.25, 0.3) is 0 Å². The number of rotatable bonds is 7. The van der Waals surface area contributed by atoms with Gasteiger partial charge in [-0.15, -0.1) is 0 Å². The van der Waals surface area contributed by atoms with E-state index < -0.39 is 4.92 Å². The number of halogens is 1. The molecule has 0 aliphatic rings. The van der Waals surface area contributed by atoms with Gasteiger partial charge in [-0.1, -0.05) is 29.8 Å². The predicted octanol–water partition coefficient (Wildman–Crippen LogP) is 3.44. The Balaban J connectivity index is 1.59. The van der Waals surface area contributed by atoms with E-state index in [1.807, 2.05) is 31.2 Å². The summed E-state index contributed by atoms with van der Waals surface area (Å²) < 4.78 is 3.87. The lowest BCUT2D eigenvalue weighted by Crippen LogP contribution is -2.16. The van der Waals surface area contributed by atoms with E-state index in [-0.39, 0.29) is 24.6 Å². The molecule has 3 aromatic rings. The van der Waals surface area contributed by atoms with Gasteiger partial charge in [0.2, 0.25) is 5.91 Å². The minimum atomic E-state index is -0.489. The molecule has 0 spiro atoms. The van der Waals surface area contributed by atoms with Crippen LogP contribution in [0.3, 0.4) is 0 Å². The van der Waals surface area contributed by atoms with Gasteiger partial charge >= 0.3 is 5.69 Å². The Kier molecular flexibility index (Phi) is 5.88. The fraction of sp³-hybridized carbons (Fsp3) is 0.278. The Labute approximate surface area is 169 Å². The first-order valence-corrected chi connectivity index (χ1v) is 9.38. The van der Waals surface area contributed by atoms with Crippen LogP contribution in [0.4, 0.5) is 11.5 Å². The maximum absolute atomic E-state index is 12.2. The molecule has 0 radical (unpaired) electrons. The molecule has 0 atom stereocenters. The smallest absolute Gasteiger partial charge is 0.308 e. The van der Waals surface area contributed by atoms with Crippen molar-refractivity contribution in [3.63, 3.8) is 0 Å². The lowest BCUT2D eigenvalue weighted by molar-refractivity contribution is -0.385. The molecule has 28 heavy (non-hydrogen) atoms. The molecular weight excluding hydrogens is 428 g/mol. The largest absolute Gasteiger partial charge is 0.309 e. The molecule has 1 amide bonds. The van der Waals surface area contributed by atoms with Crippen LogP contribution in [0, 0.1) is 24.0 Å². The Morgan fingerprint density at radius 1 is 1.29 bits per heavy atom. The van der Waals surface area contributed by atoms with Crippen molar-refractivity contribution < 1.29 is 9.72 Å². The predicted molar refractivity (Wildman–Crippen MR) is 107 cm³/mol. The van der Waals surface area contributed by atoms with E-state index in [0.29, 0.717) is 22.5 Å². The zero-order chi connectivity index (χ0) is 20.3. The minimum absolute atomic E-state index is 0.0574. The number of anilines is 1. The summed E-state index contributed by atoms with van der Waals surface area (Å²) in [7, 11) is 0. The van der Waals surface area contributed by atoms with Crippen molar-refractivity contribution in [3.05, 3.63) is 68.1 Å². The molecule has 0 fully saturated rings. The topological polar surface area (TPSA) is 108 Å². The zero-order valence-corrected chi connectivity index (χ0v) is 17.0. The summed E-state index contributed by atoms with van der Waals surface area (Å²) >= 11 is 3.41. The number of hydrogen-bond acceptors (Lipinski definition) is 5. The van der Waals surface area contributed by atoms with Crippen molar-refractivity contribution in [3.8, 4) is 0 Å². The highest BCUT2D eigenvalue weighted by molar-refractivity contribution is 9.10. The maximum Gasteiger partial charge on any atom is 0.309 e. The van der Waals surface area contributed by atoms with Crippen molar-refractivity contribution >= 4 is 33.3 Å². The Hall–Kier alpha value is -3.01. The monoisotopic (exact) mass is 446 g/mol. The number of amides is 1. The van der Waals surface area contributed by atoms with Gasteiger partial charge < -0.3 is 5.32 Å². The molecule has 3 rings (SSSR count). The summed E-state index contributed by atoms with van der Waals surface area (Å²) in [5, 5.41) is 22.0. The highest BCUT2D eigenvalue weighted by atomic mass is 79.9. The number of carbonyl (C=O) groups is 1. The van der Waals surface area contributed by atoms with Crippen LogP contribution in [0.25, 0.3) is 0 Å². The number of benzene rings is 1. The molecule has 146 valence electrons. The first kappa shape index (κ1) is 19.7. The Bertz CT molecular complexity index is 1010. The lowest BCUT2D eigenvalue weighted by atomic mass is 10.1. The highest BCUT2D eigenvalue weighted by Crippen LogP contribution is 2.21. The van der Waals surface area contributed by atoms with E-state index in [1.54, 1.807) is 17.8 Å². The minimum Gasteiger partial charge on any atom is -0.308 e. The van der Waals surface area contributed by atoms with Crippen molar-refractivity contribution in [1.29, 1.82) is 0 Å². The van der Waals surface area contributed by atoms with Crippen LogP contribution in [-0.2, 0) is 17.9 Å². The zero-order valence-electron chi connectivity index (χ0n) is 15.4. The summed E-state index contributed by atoms with van der Waals surface area (Å²) in [5.74, 6) is 0.180. The molecule has 0 unspecified atom stereocenters. The molecule has 10 heteroatoms. The van der Waals surface area contributed by atoms with E-state index in [4.69, 9.17) is 0 Å². The Morgan fingerprint density at radius 3 is 2.64 bits per heavy atom. The van der Waals surface area contributed by atoms with Crippen LogP contribution >= 0.6 is 15.9 Å². The molecule has 0 aliphatic carbocycles. The summed E-state index contributed by atoms with van der Waals surface area (Å²) in [6.45, 7) is 4.47. The van der Waals surface area contributed by atoms with E-state index in [1.165, 1.54) is 16.4 Å². The van der Waals surface area contributed by atoms with Gasteiger partial charge in [-0.3, -0.25) is 24.3 Å². The summed E-state index contributed by atoms with van der Waals surface area (Å²) in [5.41, 5.74) is 2.66. The number of nitro groups is 1. The number of aromatic nitrogens is 4. The first-order valence-electron chi connectivity index (χ1n) is 8.58. The van der Waals surface area contributed by atoms with Crippen molar-refractivity contribution in [2.24, 2.45) is 0 Å². The summed E-state index contributed by atoms with van der Waals surface area (Å²) in [4.78, 5) is 22.6. The van der Waals surface area contributed by atoms with Gasteiger partial charge in [0.15, 0.2) is 5.82 Å². The van der Waals surface area contributed by atoms with E-state index in [9.17, 15) is 14.9 Å². The second kappa shape index (κ2) is 8.34. The normalized spacial score (nSPS) is 10.8. The number of carbonyl (C=O) groups excluding carboxylic acids is 1. The van der Waals surface area contributed by atoms with Crippen LogP contribution in [0.5, 0.6) is 0 Å². The van der Waals surface area contributed by atoms with Gasteiger partial charge in [0, 0.05) is 12.6 Å². The number of nitrogens with one attached hydrogen (secondary N) is 1. The van der Waals surface area contributed by atoms with E-state index in [0.717, 1.165) is 5.56 Å². The number of aryl methyl sites for hydroxylation is 2. The van der Waals surface area contributed by atoms with Crippen LogP contribution in [0.2, 0.25) is 0 Å². The number of hydrogen-bond donors (Lipinski definition) is 1. The van der Waals surface area contributed by atoms with Gasteiger partial charge in [-0.25, -0.2) is 0 Å². The first-order chi connectivity index (χ1) is 13.3. The average Bonchev–Trinajstić information content (AvgIpc) is 3.17. The molecule has 9 nitrogen and oxygen atoms in total. The van der Waals surface area contributed by atoms with Crippen LogP contribution in [0.15, 0.2) is 41.1 Å². The van der Waals surface area contributed by atoms with Crippen molar-refractivity contribution in [2.75, 3.05) is 5.32 Å². The fourth-order valence-electron chi connectivity index (χ4n) is 2.69. The van der Waals surface area contributed by atoms with Crippen molar-refractivity contribution in [1.82, 2.24) is 19.6 Å². The molecule has 1 N–H and O–H groups in total. The molecule has 1 aromatic carbocycles. The van der Waals surface area contributed by atoms with Crippen LogP contribution in [0.1, 0.15) is 23.2 Å². The third kappa shape index (κ3) is 4.63. The average molecular weight is 447 g/mol. The summed E-state index contributed by atoms with van der Waals surface area (Å²) in [6.07, 6.45) is 3.12. The van der Waals surface area contributed by atoms with E-state index >= 15 is 0 Å².